The molecule has 0 saturated carbocycles. The largest absolute Gasteiger partial charge is 0.355 e. The summed E-state index contributed by atoms with van der Waals surface area (Å²) in [5.41, 5.74) is 0.944. The van der Waals surface area contributed by atoms with Gasteiger partial charge >= 0.3 is 7.60 Å². The number of rotatable bonds is 9. The quantitative estimate of drug-likeness (QED) is 0.368. The van der Waals surface area contributed by atoms with E-state index in [1.807, 2.05) is 6.07 Å². The van der Waals surface area contributed by atoms with Gasteiger partial charge in [-0.05, 0) is 31.0 Å². The number of halogens is 2. The molecule has 0 saturated heterocycles. The Morgan fingerprint density at radius 1 is 1.20 bits per heavy atom. The average Bonchev–Trinajstić information content (AvgIpc) is 2.41. The summed E-state index contributed by atoms with van der Waals surface area (Å²) >= 11 is 11.9. The molecule has 0 fully saturated rings. The number of hydrogen-bond acceptors (Lipinski definition) is 4. The van der Waals surface area contributed by atoms with Gasteiger partial charge in [0.25, 0.3) is 0 Å². The summed E-state index contributed by atoms with van der Waals surface area (Å²) in [6, 6.07) is 5.32. The van der Waals surface area contributed by atoms with Crippen molar-refractivity contribution in [1.29, 1.82) is 0 Å². The molecule has 0 amide bonds. The second kappa shape index (κ2) is 9.04. The maximum atomic E-state index is 11.9. The Morgan fingerprint density at radius 3 is 2.55 bits per heavy atom. The molecule has 0 N–H and O–H groups in total. The fraction of sp³-hybridized carbons (Fsp3) is 0.538. The normalized spacial score (nSPS) is 14.2. The highest BCUT2D eigenvalue weighted by molar-refractivity contribution is 7.53. The van der Waals surface area contributed by atoms with Crippen molar-refractivity contribution in [2.24, 2.45) is 0 Å². The minimum atomic E-state index is -3.00. The molecule has 0 bridgehead atoms. The lowest BCUT2D eigenvalue weighted by molar-refractivity contribution is 0.00706. The highest BCUT2D eigenvalue weighted by Crippen LogP contribution is 2.47. The van der Waals surface area contributed by atoms with E-state index in [1.165, 1.54) is 0 Å². The van der Waals surface area contributed by atoms with Crippen molar-refractivity contribution < 1.29 is 18.3 Å². The van der Waals surface area contributed by atoms with Crippen LogP contribution in [0.3, 0.4) is 0 Å². The van der Waals surface area contributed by atoms with Gasteiger partial charge in [0, 0.05) is 16.2 Å². The summed E-state index contributed by atoms with van der Waals surface area (Å²) in [6.07, 6.45) is 0.956. The molecule has 0 aromatic heterocycles. The summed E-state index contributed by atoms with van der Waals surface area (Å²) in [7, 11) is -3.00. The Bertz CT molecular complexity index is 468. The summed E-state index contributed by atoms with van der Waals surface area (Å²) in [4.78, 5) is 0. The highest BCUT2D eigenvalue weighted by Gasteiger charge is 2.20. The number of hydrogen-bond donors (Lipinski definition) is 0. The van der Waals surface area contributed by atoms with Gasteiger partial charge in [-0.15, -0.1) is 0 Å². The zero-order valence-corrected chi connectivity index (χ0v) is 14.0. The maximum absolute atomic E-state index is 11.9. The second-order valence-corrected chi connectivity index (χ2v) is 7.20. The van der Waals surface area contributed by atoms with E-state index in [1.54, 1.807) is 26.0 Å². The molecular weight excluding hydrogens is 322 g/mol. The lowest BCUT2D eigenvalue weighted by Crippen LogP contribution is -2.05. The van der Waals surface area contributed by atoms with Crippen LogP contribution < -0.4 is 0 Å². The van der Waals surface area contributed by atoms with Gasteiger partial charge in [0.05, 0.1) is 13.2 Å². The van der Waals surface area contributed by atoms with Crippen LogP contribution in [-0.2, 0) is 24.8 Å². The van der Waals surface area contributed by atoms with E-state index in [4.69, 9.17) is 37.0 Å². The van der Waals surface area contributed by atoms with Crippen LogP contribution in [0.4, 0.5) is 0 Å². The molecule has 4 nitrogen and oxygen atoms in total. The average molecular weight is 341 g/mol. The van der Waals surface area contributed by atoms with Crippen LogP contribution in [0, 0.1) is 0 Å². The van der Waals surface area contributed by atoms with Gasteiger partial charge in [-0.2, -0.15) is 0 Å². The minimum absolute atomic E-state index is 0.0592. The Balaban J connectivity index is 2.30. The smallest absolute Gasteiger partial charge is 0.332 e. The first-order valence-corrected chi connectivity index (χ1v) is 8.89. The predicted molar refractivity (Wildman–Crippen MR) is 81.8 cm³/mol. The van der Waals surface area contributed by atoms with Crippen LogP contribution in [0.25, 0.3) is 0 Å². The maximum Gasteiger partial charge on any atom is 0.332 e. The molecule has 0 radical (unpaired) electrons. The summed E-state index contributed by atoms with van der Waals surface area (Å²) in [6.45, 7) is 4.23. The van der Waals surface area contributed by atoms with Crippen molar-refractivity contribution in [3.05, 3.63) is 33.8 Å². The first-order valence-electron chi connectivity index (χ1n) is 6.40. The molecule has 1 unspecified atom stereocenters. The molecule has 0 aliphatic rings. The molecule has 20 heavy (non-hydrogen) atoms. The van der Waals surface area contributed by atoms with Gasteiger partial charge in [0.1, 0.15) is 0 Å². The SMILES string of the molecule is CCOP(=O)(CC)OCOCCc1ccc(Cl)cc1Cl. The lowest BCUT2D eigenvalue weighted by Gasteiger charge is -2.15. The van der Waals surface area contributed by atoms with E-state index in [0.717, 1.165) is 5.56 Å². The molecule has 1 aromatic rings. The molecule has 1 rings (SSSR count). The van der Waals surface area contributed by atoms with Crippen LogP contribution >= 0.6 is 30.8 Å². The van der Waals surface area contributed by atoms with Crippen molar-refractivity contribution in [2.75, 3.05) is 26.2 Å². The number of benzene rings is 1. The Kier molecular flexibility index (Phi) is 8.11. The van der Waals surface area contributed by atoms with Gasteiger partial charge in [0.2, 0.25) is 0 Å². The monoisotopic (exact) mass is 340 g/mol. The molecule has 0 aliphatic carbocycles. The zero-order chi connectivity index (χ0) is 15.0. The third-order valence-corrected chi connectivity index (χ3v) is 5.09. The van der Waals surface area contributed by atoms with E-state index < -0.39 is 7.60 Å². The molecule has 114 valence electrons. The van der Waals surface area contributed by atoms with Crippen molar-refractivity contribution in [2.45, 2.75) is 20.3 Å². The molecule has 7 heteroatoms. The second-order valence-electron chi connectivity index (χ2n) is 3.99. The third-order valence-electron chi connectivity index (χ3n) is 2.58. The topological polar surface area (TPSA) is 44.8 Å². The van der Waals surface area contributed by atoms with Crippen LogP contribution in [0.15, 0.2) is 18.2 Å². The standard InChI is InChI=1S/C13H19Cl2O4P/c1-3-18-20(16,4-2)19-10-17-8-7-11-5-6-12(14)9-13(11)15/h5-6,9H,3-4,7-8,10H2,1-2H3. The third kappa shape index (κ3) is 6.13. The van der Waals surface area contributed by atoms with Gasteiger partial charge in [0.15, 0.2) is 6.79 Å². The fourth-order valence-corrected chi connectivity index (χ4v) is 3.07. The molecule has 0 aliphatic heterocycles. The molecule has 0 heterocycles. The first-order chi connectivity index (χ1) is 9.50. The van der Waals surface area contributed by atoms with E-state index in [0.29, 0.717) is 35.8 Å². The van der Waals surface area contributed by atoms with E-state index in [9.17, 15) is 4.57 Å². The predicted octanol–water partition coefficient (Wildman–Crippen LogP) is 4.78. The zero-order valence-electron chi connectivity index (χ0n) is 11.6. The van der Waals surface area contributed by atoms with Crippen molar-refractivity contribution in [3.8, 4) is 0 Å². The molecular formula is C13H19Cl2O4P. The Morgan fingerprint density at radius 2 is 1.95 bits per heavy atom. The van der Waals surface area contributed by atoms with Gasteiger partial charge in [-0.3, -0.25) is 9.09 Å². The Hall–Kier alpha value is -0.0900. The van der Waals surface area contributed by atoms with Gasteiger partial charge in [-0.25, -0.2) is 0 Å². The van der Waals surface area contributed by atoms with Crippen molar-refractivity contribution in [1.82, 2.24) is 0 Å². The number of ether oxygens (including phenoxy) is 1. The molecule has 1 atom stereocenters. The Labute approximate surface area is 129 Å². The summed E-state index contributed by atoms with van der Waals surface area (Å²) < 4.78 is 27.5. The molecule has 0 spiro atoms. The van der Waals surface area contributed by atoms with Gasteiger partial charge in [-0.1, -0.05) is 36.2 Å². The first kappa shape index (κ1) is 18.0. The molecule has 1 aromatic carbocycles. The van der Waals surface area contributed by atoms with Crippen LogP contribution in [-0.4, -0.2) is 26.2 Å². The van der Waals surface area contributed by atoms with Crippen LogP contribution in [0.2, 0.25) is 10.0 Å². The minimum Gasteiger partial charge on any atom is -0.355 e. The highest BCUT2D eigenvalue weighted by atomic mass is 35.5. The lowest BCUT2D eigenvalue weighted by atomic mass is 10.2. The van der Waals surface area contributed by atoms with E-state index >= 15 is 0 Å². The van der Waals surface area contributed by atoms with Crippen molar-refractivity contribution in [3.63, 3.8) is 0 Å². The van der Waals surface area contributed by atoms with E-state index in [-0.39, 0.29) is 6.79 Å². The summed E-state index contributed by atoms with van der Waals surface area (Å²) in [5.74, 6) is 0. The van der Waals surface area contributed by atoms with Crippen LogP contribution in [0.5, 0.6) is 0 Å². The van der Waals surface area contributed by atoms with Crippen LogP contribution in [0.1, 0.15) is 19.4 Å². The van der Waals surface area contributed by atoms with Crippen molar-refractivity contribution >= 4 is 30.8 Å². The van der Waals surface area contributed by atoms with Gasteiger partial charge < -0.3 is 9.26 Å². The van der Waals surface area contributed by atoms with E-state index in [2.05, 4.69) is 0 Å². The fourth-order valence-electron chi connectivity index (χ4n) is 1.50. The summed E-state index contributed by atoms with van der Waals surface area (Å²) in [5, 5.41) is 1.21.